The van der Waals surface area contributed by atoms with Gasteiger partial charge in [0, 0.05) is 24.0 Å². The van der Waals surface area contributed by atoms with Crippen molar-refractivity contribution >= 4 is 16.5 Å². The van der Waals surface area contributed by atoms with E-state index in [2.05, 4.69) is 51.8 Å². The zero-order chi connectivity index (χ0) is 15.1. The van der Waals surface area contributed by atoms with Gasteiger partial charge in [0.25, 0.3) is 0 Å². The molecular weight excluding hydrogens is 266 g/mol. The van der Waals surface area contributed by atoms with E-state index < -0.39 is 0 Å². The fourth-order valence-electron chi connectivity index (χ4n) is 2.19. The maximum absolute atomic E-state index is 4.89. The van der Waals surface area contributed by atoms with Gasteiger partial charge in [-0.15, -0.1) is 11.3 Å². The number of rotatable bonds is 9. The molecule has 4 heteroatoms. The van der Waals surface area contributed by atoms with Crippen LogP contribution in [0.25, 0.3) is 0 Å². The number of nitrogens with zero attached hydrogens (tertiary/aromatic N) is 2. The van der Waals surface area contributed by atoms with E-state index >= 15 is 0 Å². The average Bonchev–Trinajstić information content (AvgIpc) is 2.78. The van der Waals surface area contributed by atoms with E-state index in [1.165, 1.54) is 22.1 Å². The van der Waals surface area contributed by atoms with Gasteiger partial charge < -0.3 is 10.2 Å². The average molecular weight is 298 g/mol. The predicted octanol–water partition coefficient (Wildman–Crippen LogP) is 4.08. The van der Waals surface area contributed by atoms with Crippen molar-refractivity contribution in [1.29, 1.82) is 0 Å². The summed E-state index contributed by atoms with van der Waals surface area (Å²) in [5.41, 5.74) is 1.27. The molecule has 0 aliphatic carbocycles. The van der Waals surface area contributed by atoms with Crippen molar-refractivity contribution in [3.05, 3.63) is 10.6 Å². The van der Waals surface area contributed by atoms with Gasteiger partial charge >= 0.3 is 0 Å². The molecule has 0 bridgehead atoms. The quantitative estimate of drug-likeness (QED) is 0.696. The highest BCUT2D eigenvalue weighted by Gasteiger charge is 2.18. The standard InChI is InChI=1S/C16H31N3S/c1-7-9-17-10-15-14(8-2)18-16(20-15)19(13(5)6)11-12(3)4/h12-13,17H,7-11H2,1-6H3. The molecule has 20 heavy (non-hydrogen) atoms. The molecule has 3 nitrogen and oxygen atoms in total. The van der Waals surface area contributed by atoms with Crippen molar-refractivity contribution < 1.29 is 0 Å². The van der Waals surface area contributed by atoms with Crippen LogP contribution in [-0.2, 0) is 13.0 Å². The van der Waals surface area contributed by atoms with Crippen molar-refractivity contribution in [3.8, 4) is 0 Å². The molecule has 0 saturated heterocycles. The molecule has 116 valence electrons. The summed E-state index contributed by atoms with van der Waals surface area (Å²) in [5, 5.41) is 4.69. The molecule has 0 aliphatic rings. The molecule has 0 amide bonds. The summed E-state index contributed by atoms with van der Waals surface area (Å²) in [6.45, 7) is 16.6. The second-order valence-corrected chi connectivity index (χ2v) is 7.10. The van der Waals surface area contributed by atoms with Crippen molar-refractivity contribution in [2.75, 3.05) is 18.0 Å². The molecule has 1 N–H and O–H groups in total. The molecule has 0 spiro atoms. The highest BCUT2D eigenvalue weighted by molar-refractivity contribution is 7.15. The molecule has 0 fully saturated rings. The van der Waals surface area contributed by atoms with Crippen LogP contribution in [0.4, 0.5) is 5.13 Å². The first-order valence-electron chi connectivity index (χ1n) is 7.95. The highest BCUT2D eigenvalue weighted by Crippen LogP contribution is 2.28. The third kappa shape index (κ3) is 5.06. The summed E-state index contributed by atoms with van der Waals surface area (Å²) in [6.07, 6.45) is 2.20. The first kappa shape index (κ1) is 17.4. The zero-order valence-corrected chi connectivity index (χ0v) is 14.8. The Morgan fingerprint density at radius 1 is 1.20 bits per heavy atom. The molecule has 1 aromatic heterocycles. The van der Waals surface area contributed by atoms with Crippen LogP contribution in [0.2, 0.25) is 0 Å². The van der Waals surface area contributed by atoms with Crippen LogP contribution < -0.4 is 10.2 Å². The Morgan fingerprint density at radius 2 is 1.90 bits per heavy atom. The van der Waals surface area contributed by atoms with Crippen LogP contribution in [0.5, 0.6) is 0 Å². The fourth-order valence-corrected chi connectivity index (χ4v) is 3.45. The monoisotopic (exact) mass is 297 g/mol. The van der Waals surface area contributed by atoms with Gasteiger partial charge in [-0.2, -0.15) is 0 Å². The molecule has 0 aromatic carbocycles. The summed E-state index contributed by atoms with van der Waals surface area (Å²) >= 11 is 1.87. The van der Waals surface area contributed by atoms with Gasteiger partial charge in [-0.05, 0) is 39.2 Å². The minimum absolute atomic E-state index is 0.504. The fraction of sp³-hybridized carbons (Fsp3) is 0.812. The van der Waals surface area contributed by atoms with Crippen LogP contribution >= 0.6 is 11.3 Å². The van der Waals surface area contributed by atoms with Gasteiger partial charge in [0.15, 0.2) is 5.13 Å². The number of nitrogens with one attached hydrogen (secondary N) is 1. The van der Waals surface area contributed by atoms with E-state index in [0.29, 0.717) is 12.0 Å². The minimum atomic E-state index is 0.504. The van der Waals surface area contributed by atoms with E-state index in [9.17, 15) is 0 Å². The van der Waals surface area contributed by atoms with Gasteiger partial charge in [0.05, 0.1) is 5.69 Å². The first-order chi connectivity index (χ1) is 9.49. The number of aryl methyl sites for hydroxylation is 1. The molecule has 0 aliphatic heterocycles. The van der Waals surface area contributed by atoms with E-state index in [0.717, 1.165) is 26.1 Å². The molecule has 0 radical (unpaired) electrons. The normalized spacial score (nSPS) is 11.6. The van der Waals surface area contributed by atoms with Crippen LogP contribution in [-0.4, -0.2) is 24.1 Å². The lowest BCUT2D eigenvalue weighted by Crippen LogP contribution is -2.34. The first-order valence-corrected chi connectivity index (χ1v) is 8.77. The Bertz CT molecular complexity index is 385. The smallest absolute Gasteiger partial charge is 0.186 e. The van der Waals surface area contributed by atoms with E-state index in [4.69, 9.17) is 4.98 Å². The van der Waals surface area contributed by atoms with E-state index in [1.54, 1.807) is 0 Å². The van der Waals surface area contributed by atoms with E-state index in [-0.39, 0.29) is 0 Å². The molecule has 1 rings (SSSR count). The molecule has 0 saturated carbocycles. The van der Waals surface area contributed by atoms with Gasteiger partial charge in [-0.3, -0.25) is 0 Å². The SMILES string of the molecule is CCCNCc1sc(N(CC(C)C)C(C)C)nc1CC. The Kier molecular flexibility index (Phi) is 7.52. The molecule has 1 heterocycles. The lowest BCUT2D eigenvalue weighted by atomic mass is 10.2. The summed E-state index contributed by atoms with van der Waals surface area (Å²) in [4.78, 5) is 8.74. The largest absolute Gasteiger partial charge is 0.345 e. The molecular formula is C16H31N3S. The van der Waals surface area contributed by atoms with Crippen LogP contribution in [0.15, 0.2) is 0 Å². The lowest BCUT2D eigenvalue weighted by molar-refractivity contribution is 0.569. The van der Waals surface area contributed by atoms with Crippen molar-refractivity contribution in [3.63, 3.8) is 0 Å². The summed E-state index contributed by atoms with van der Waals surface area (Å²) in [5.74, 6) is 0.660. The number of thiazole rings is 1. The van der Waals surface area contributed by atoms with Gasteiger partial charge in [0.2, 0.25) is 0 Å². The third-order valence-corrected chi connectivity index (χ3v) is 4.38. The molecule has 0 atom stereocenters. The van der Waals surface area contributed by atoms with Gasteiger partial charge in [-0.1, -0.05) is 27.7 Å². The van der Waals surface area contributed by atoms with Crippen LogP contribution in [0, 0.1) is 5.92 Å². The van der Waals surface area contributed by atoms with Gasteiger partial charge in [0.1, 0.15) is 0 Å². The maximum atomic E-state index is 4.89. The topological polar surface area (TPSA) is 28.2 Å². The molecule has 0 unspecified atom stereocenters. The molecule has 1 aromatic rings. The van der Waals surface area contributed by atoms with Crippen molar-refractivity contribution in [2.24, 2.45) is 5.92 Å². The van der Waals surface area contributed by atoms with Gasteiger partial charge in [-0.25, -0.2) is 4.98 Å². The third-order valence-electron chi connectivity index (χ3n) is 3.25. The van der Waals surface area contributed by atoms with E-state index in [1.807, 2.05) is 11.3 Å². The predicted molar refractivity (Wildman–Crippen MR) is 90.8 cm³/mol. The Hall–Kier alpha value is -0.610. The second-order valence-electron chi connectivity index (χ2n) is 6.04. The highest BCUT2D eigenvalue weighted by atomic mass is 32.1. The minimum Gasteiger partial charge on any atom is -0.345 e. The number of aromatic nitrogens is 1. The Balaban J connectivity index is 2.87. The van der Waals surface area contributed by atoms with Crippen LogP contribution in [0.3, 0.4) is 0 Å². The number of hydrogen-bond donors (Lipinski definition) is 1. The Morgan fingerprint density at radius 3 is 2.40 bits per heavy atom. The number of hydrogen-bond acceptors (Lipinski definition) is 4. The Labute approximate surface area is 128 Å². The zero-order valence-electron chi connectivity index (χ0n) is 14.0. The summed E-state index contributed by atoms with van der Waals surface area (Å²) in [7, 11) is 0. The number of anilines is 1. The maximum Gasteiger partial charge on any atom is 0.186 e. The summed E-state index contributed by atoms with van der Waals surface area (Å²) < 4.78 is 0. The summed E-state index contributed by atoms with van der Waals surface area (Å²) in [6, 6.07) is 0.504. The van der Waals surface area contributed by atoms with Crippen molar-refractivity contribution in [2.45, 2.75) is 67.0 Å². The van der Waals surface area contributed by atoms with Crippen molar-refractivity contribution in [1.82, 2.24) is 10.3 Å². The second kappa shape index (κ2) is 8.63. The lowest BCUT2D eigenvalue weighted by Gasteiger charge is -2.27. The van der Waals surface area contributed by atoms with Crippen LogP contribution in [0.1, 0.15) is 58.5 Å².